The lowest BCUT2D eigenvalue weighted by Gasteiger charge is -2.26. The van der Waals surface area contributed by atoms with Crippen LogP contribution in [0.1, 0.15) is 11.1 Å². The van der Waals surface area contributed by atoms with Crippen molar-refractivity contribution < 1.29 is 17.5 Å². The maximum absolute atomic E-state index is 13.8. The average molecular weight is 463 g/mol. The topological polar surface area (TPSA) is 58.6 Å². The lowest BCUT2D eigenvalue weighted by Crippen LogP contribution is -2.40. The van der Waals surface area contributed by atoms with Crippen molar-refractivity contribution in [2.75, 3.05) is 31.6 Å². The summed E-state index contributed by atoms with van der Waals surface area (Å²) in [5.41, 5.74) is 1.21. The van der Waals surface area contributed by atoms with E-state index in [0.717, 1.165) is 0 Å². The van der Waals surface area contributed by atoms with Gasteiger partial charge in [-0.05, 0) is 36.8 Å². The molecule has 28 heavy (non-hydrogen) atoms. The van der Waals surface area contributed by atoms with Crippen molar-refractivity contribution >= 4 is 56.1 Å². The summed E-state index contributed by atoms with van der Waals surface area (Å²) >= 11 is 17.8. The molecule has 0 amide bonds. The molecule has 3 rings (SSSR count). The first-order valence-electron chi connectivity index (χ1n) is 8.34. The standard InChI is InChI=1S/C18H17Cl2FN2O3S2/c1-11-2-3-12(8-16(11)21)22-18(27)13-9-17(15(20)10-14(13)19)28(24,25)23-4-6-26-7-5-23/h2-3,8-10H,4-7H2,1H3,(H,22,27). The van der Waals surface area contributed by atoms with Gasteiger partial charge in [-0.2, -0.15) is 4.31 Å². The second kappa shape index (κ2) is 8.61. The van der Waals surface area contributed by atoms with Crippen molar-refractivity contribution in [1.82, 2.24) is 4.31 Å². The summed E-state index contributed by atoms with van der Waals surface area (Å²) < 4.78 is 46.2. The molecular formula is C18H17Cl2FN2O3S2. The number of anilines is 1. The summed E-state index contributed by atoms with van der Waals surface area (Å²) in [5, 5.41) is 3.08. The minimum atomic E-state index is -3.84. The molecule has 0 radical (unpaired) electrons. The molecule has 1 aliphatic heterocycles. The van der Waals surface area contributed by atoms with E-state index >= 15 is 0 Å². The number of benzene rings is 2. The van der Waals surface area contributed by atoms with Crippen LogP contribution in [-0.2, 0) is 14.8 Å². The van der Waals surface area contributed by atoms with Crippen molar-refractivity contribution in [2.24, 2.45) is 0 Å². The Labute approximate surface area is 178 Å². The molecule has 2 aromatic rings. The molecule has 0 aromatic heterocycles. The Kier molecular flexibility index (Phi) is 6.58. The molecule has 0 atom stereocenters. The zero-order valence-electron chi connectivity index (χ0n) is 14.8. The number of thiocarbonyl (C=S) groups is 1. The third-order valence-electron chi connectivity index (χ3n) is 4.28. The average Bonchev–Trinajstić information content (AvgIpc) is 2.65. The fourth-order valence-corrected chi connectivity index (χ4v) is 5.29. The van der Waals surface area contributed by atoms with Gasteiger partial charge in [0.05, 0.1) is 23.3 Å². The first-order chi connectivity index (χ1) is 13.2. The second-order valence-corrected chi connectivity index (χ2v) is 9.33. The Morgan fingerprint density at radius 3 is 2.50 bits per heavy atom. The van der Waals surface area contributed by atoms with E-state index in [1.165, 1.54) is 22.5 Å². The van der Waals surface area contributed by atoms with E-state index in [1.807, 2.05) is 0 Å². The summed E-state index contributed by atoms with van der Waals surface area (Å²) in [5.74, 6) is -0.384. The predicted octanol–water partition coefficient (Wildman–Crippen LogP) is 4.25. The molecule has 1 saturated heterocycles. The number of hydrogen-bond donors (Lipinski definition) is 1. The van der Waals surface area contributed by atoms with Crippen LogP contribution in [0.2, 0.25) is 10.0 Å². The number of hydrogen-bond acceptors (Lipinski definition) is 4. The predicted molar refractivity (Wildman–Crippen MR) is 112 cm³/mol. The van der Waals surface area contributed by atoms with Crippen molar-refractivity contribution in [3.8, 4) is 0 Å². The number of nitrogens with one attached hydrogen (secondary N) is 1. The third-order valence-corrected chi connectivity index (χ3v) is 7.28. The number of morpholine rings is 1. The van der Waals surface area contributed by atoms with Gasteiger partial charge in [-0.1, -0.05) is 41.5 Å². The van der Waals surface area contributed by atoms with Crippen molar-refractivity contribution in [2.45, 2.75) is 11.8 Å². The minimum Gasteiger partial charge on any atom is -0.379 e. The quantitative estimate of drug-likeness (QED) is 0.688. The van der Waals surface area contributed by atoms with E-state index in [4.69, 9.17) is 40.2 Å². The van der Waals surface area contributed by atoms with Gasteiger partial charge in [0.1, 0.15) is 15.7 Å². The Hall–Kier alpha value is -1.29. The number of ether oxygens (including phenoxy) is 1. The Balaban J connectivity index is 1.94. The van der Waals surface area contributed by atoms with Crippen LogP contribution in [0.15, 0.2) is 35.2 Å². The number of aryl methyl sites for hydroxylation is 1. The number of halogens is 3. The van der Waals surface area contributed by atoms with Gasteiger partial charge < -0.3 is 10.1 Å². The van der Waals surface area contributed by atoms with Crippen LogP contribution in [-0.4, -0.2) is 44.0 Å². The van der Waals surface area contributed by atoms with Crippen LogP contribution in [0.5, 0.6) is 0 Å². The molecule has 1 N–H and O–H groups in total. The number of nitrogens with zero attached hydrogens (tertiary/aromatic N) is 1. The van der Waals surface area contributed by atoms with Crippen molar-refractivity contribution in [1.29, 1.82) is 0 Å². The first-order valence-corrected chi connectivity index (χ1v) is 10.9. The van der Waals surface area contributed by atoms with Crippen LogP contribution in [0.25, 0.3) is 0 Å². The summed E-state index contributed by atoms with van der Waals surface area (Å²) in [4.78, 5) is 0.0676. The summed E-state index contributed by atoms with van der Waals surface area (Å²) in [7, 11) is -3.84. The highest BCUT2D eigenvalue weighted by atomic mass is 35.5. The zero-order chi connectivity index (χ0) is 20.5. The molecular weight excluding hydrogens is 446 g/mol. The minimum absolute atomic E-state index is 0.00409. The van der Waals surface area contributed by atoms with E-state index < -0.39 is 10.0 Å². The van der Waals surface area contributed by atoms with Crippen LogP contribution >= 0.6 is 35.4 Å². The Morgan fingerprint density at radius 1 is 1.18 bits per heavy atom. The Morgan fingerprint density at radius 2 is 1.86 bits per heavy atom. The molecule has 0 spiro atoms. The highest BCUT2D eigenvalue weighted by Crippen LogP contribution is 2.32. The van der Waals surface area contributed by atoms with E-state index in [-0.39, 0.29) is 44.4 Å². The molecule has 1 aliphatic rings. The number of sulfonamides is 1. The van der Waals surface area contributed by atoms with Crippen LogP contribution < -0.4 is 5.32 Å². The van der Waals surface area contributed by atoms with Gasteiger partial charge in [0, 0.05) is 24.3 Å². The second-order valence-electron chi connectivity index (χ2n) is 6.20. The summed E-state index contributed by atoms with van der Waals surface area (Å²) in [6.45, 7) is 2.76. The van der Waals surface area contributed by atoms with Crippen molar-refractivity contribution in [3.63, 3.8) is 0 Å². The zero-order valence-corrected chi connectivity index (χ0v) is 18.0. The van der Waals surface area contributed by atoms with E-state index in [9.17, 15) is 12.8 Å². The van der Waals surface area contributed by atoms with Gasteiger partial charge in [0.2, 0.25) is 10.0 Å². The number of rotatable bonds is 4. The summed E-state index contributed by atoms with van der Waals surface area (Å²) in [6.07, 6.45) is 0. The monoisotopic (exact) mass is 462 g/mol. The smallest absolute Gasteiger partial charge is 0.244 e. The largest absolute Gasteiger partial charge is 0.379 e. The fraction of sp³-hybridized carbons (Fsp3) is 0.278. The molecule has 0 saturated carbocycles. The molecule has 1 fully saturated rings. The molecule has 10 heteroatoms. The molecule has 1 heterocycles. The lowest BCUT2D eigenvalue weighted by atomic mass is 10.2. The summed E-state index contributed by atoms with van der Waals surface area (Å²) in [6, 6.07) is 7.26. The van der Waals surface area contributed by atoms with Crippen LogP contribution in [0, 0.1) is 12.7 Å². The molecule has 0 unspecified atom stereocenters. The SMILES string of the molecule is Cc1ccc(NC(=S)c2cc(S(=O)(=O)N3CCOCC3)c(Cl)cc2Cl)cc1F. The van der Waals surface area contributed by atoms with Crippen LogP contribution in [0.4, 0.5) is 10.1 Å². The maximum Gasteiger partial charge on any atom is 0.244 e. The van der Waals surface area contributed by atoms with E-state index in [0.29, 0.717) is 24.5 Å². The molecule has 0 aliphatic carbocycles. The van der Waals surface area contributed by atoms with Gasteiger partial charge >= 0.3 is 0 Å². The van der Waals surface area contributed by atoms with Gasteiger partial charge in [-0.3, -0.25) is 0 Å². The van der Waals surface area contributed by atoms with Gasteiger partial charge in [-0.25, -0.2) is 12.8 Å². The van der Waals surface area contributed by atoms with Crippen LogP contribution in [0.3, 0.4) is 0 Å². The highest BCUT2D eigenvalue weighted by Gasteiger charge is 2.29. The highest BCUT2D eigenvalue weighted by molar-refractivity contribution is 7.89. The van der Waals surface area contributed by atoms with Crippen molar-refractivity contribution in [3.05, 3.63) is 57.3 Å². The normalized spacial score (nSPS) is 15.4. The first kappa shape index (κ1) is 21.4. The molecule has 0 bridgehead atoms. The Bertz CT molecular complexity index is 1030. The van der Waals surface area contributed by atoms with Gasteiger partial charge in [-0.15, -0.1) is 0 Å². The third kappa shape index (κ3) is 4.48. The lowest BCUT2D eigenvalue weighted by molar-refractivity contribution is 0.0730. The van der Waals surface area contributed by atoms with Gasteiger partial charge in [0.25, 0.3) is 0 Å². The van der Waals surface area contributed by atoms with E-state index in [2.05, 4.69) is 5.32 Å². The molecule has 150 valence electrons. The fourth-order valence-electron chi connectivity index (χ4n) is 2.70. The van der Waals surface area contributed by atoms with Gasteiger partial charge in [0.15, 0.2) is 0 Å². The molecule has 5 nitrogen and oxygen atoms in total. The van der Waals surface area contributed by atoms with E-state index in [1.54, 1.807) is 19.1 Å². The molecule has 2 aromatic carbocycles. The maximum atomic E-state index is 13.8.